The Kier molecular flexibility index (Phi) is 6.66. The van der Waals surface area contributed by atoms with Crippen molar-refractivity contribution < 1.29 is 23.7 Å². The Morgan fingerprint density at radius 3 is 2.71 bits per heavy atom. The second-order valence-corrected chi connectivity index (χ2v) is 6.53. The molecule has 3 rings (SSSR count). The van der Waals surface area contributed by atoms with Crippen LogP contribution < -0.4 is 24.3 Å². The van der Waals surface area contributed by atoms with Gasteiger partial charge in [0, 0.05) is 19.0 Å². The molecule has 1 aliphatic rings. The Labute approximate surface area is 169 Å². The zero-order valence-electron chi connectivity index (χ0n) is 15.8. The van der Waals surface area contributed by atoms with Crippen molar-refractivity contribution >= 4 is 23.6 Å². The molecular weight excluding hydrogens is 382 g/mol. The molecule has 28 heavy (non-hydrogen) atoms. The van der Waals surface area contributed by atoms with E-state index in [9.17, 15) is 4.79 Å². The van der Waals surface area contributed by atoms with Crippen molar-refractivity contribution in [2.45, 2.75) is 13.0 Å². The minimum absolute atomic E-state index is 0.224. The first-order valence-corrected chi connectivity index (χ1v) is 9.24. The van der Waals surface area contributed by atoms with Crippen molar-refractivity contribution in [3.63, 3.8) is 0 Å². The molecule has 0 unspecified atom stereocenters. The summed E-state index contributed by atoms with van der Waals surface area (Å²) >= 11 is 6.28. The van der Waals surface area contributed by atoms with Gasteiger partial charge in [-0.15, -0.1) is 0 Å². The standard InChI is InChI=1S/C21H22ClNO5/c1-25-17-6-4-14(11-18(17)26-2)5-7-20(24)23-13-15-10-16(22)21-19(12-15)27-8-3-9-28-21/h4-7,10-12H,3,8-9,13H2,1-2H3,(H,23,24)/b7-5+. The second kappa shape index (κ2) is 9.37. The number of fused-ring (bicyclic) bond motifs is 1. The van der Waals surface area contributed by atoms with Crippen LogP contribution >= 0.6 is 11.6 Å². The monoisotopic (exact) mass is 403 g/mol. The Morgan fingerprint density at radius 2 is 1.93 bits per heavy atom. The molecule has 1 amide bonds. The van der Waals surface area contributed by atoms with Crippen LogP contribution in [0.5, 0.6) is 23.0 Å². The molecule has 7 heteroatoms. The van der Waals surface area contributed by atoms with E-state index in [-0.39, 0.29) is 5.91 Å². The average molecular weight is 404 g/mol. The zero-order chi connectivity index (χ0) is 19.9. The number of benzene rings is 2. The lowest BCUT2D eigenvalue weighted by atomic mass is 10.1. The normalized spacial score (nSPS) is 13.1. The number of hydrogen-bond donors (Lipinski definition) is 1. The van der Waals surface area contributed by atoms with E-state index >= 15 is 0 Å². The SMILES string of the molecule is COc1ccc(/C=C/C(=O)NCc2cc(Cl)c3c(c2)OCCCO3)cc1OC. The first kappa shape index (κ1) is 19.9. The smallest absolute Gasteiger partial charge is 0.244 e. The summed E-state index contributed by atoms with van der Waals surface area (Å²) in [6, 6.07) is 9.04. The topological polar surface area (TPSA) is 66.0 Å². The second-order valence-electron chi connectivity index (χ2n) is 6.12. The highest BCUT2D eigenvalue weighted by atomic mass is 35.5. The van der Waals surface area contributed by atoms with E-state index in [1.54, 1.807) is 38.5 Å². The van der Waals surface area contributed by atoms with Crippen molar-refractivity contribution in [3.05, 3.63) is 52.6 Å². The highest BCUT2D eigenvalue weighted by Gasteiger charge is 2.15. The molecule has 1 heterocycles. The van der Waals surface area contributed by atoms with Gasteiger partial charge in [0.25, 0.3) is 0 Å². The number of hydrogen-bond acceptors (Lipinski definition) is 5. The minimum Gasteiger partial charge on any atom is -0.493 e. The van der Waals surface area contributed by atoms with Gasteiger partial charge in [-0.05, 0) is 41.5 Å². The number of nitrogens with one attached hydrogen (secondary N) is 1. The van der Waals surface area contributed by atoms with Gasteiger partial charge in [0.1, 0.15) is 0 Å². The molecule has 1 N–H and O–H groups in total. The minimum atomic E-state index is -0.224. The highest BCUT2D eigenvalue weighted by Crippen LogP contribution is 2.38. The predicted molar refractivity (Wildman–Crippen MR) is 107 cm³/mol. The maximum absolute atomic E-state index is 12.2. The molecule has 0 fully saturated rings. The molecule has 0 saturated carbocycles. The Balaban J connectivity index is 1.62. The molecule has 0 aliphatic carbocycles. The molecule has 2 aromatic carbocycles. The fraction of sp³-hybridized carbons (Fsp3) is 0.286. The number of carbonyl (C=O) groups is 1. The third-order valence-electron chi connectivity index (χ3n) is 4.16. The lowest BCUT2D eigenvalue weighted by molar-refractivity contribution is -0.116. The number of ether oxygens (including phenoxy) is 4. The average Bonchev–Trinajstić information content (AvgIpc) is 2.96. The van der Waals surface area contributed by atoms with E-state index in [1.807, 2.05) is 12.1 Å². The van der Waals surface area contributed by atoms with E-state index in [2.05, 4.69) is 5.32 Å². The summed E-state index contributed by atoms with van der Waals surface area (Å²) in [5.74, 6) is 2.18. The van der Waals surface area contributed by atoms with Crippen molar-refractivity contribution in [3.8, 4) is 23.0 Å². The molecule has 0 saturated heterocycles. The van der Waals surface area contributed by atoms with E-state index in [0.717, 1.165) is 17.5 Å². The zero-order valence-corrected chi connectivity index (χ0v) is 16.5. The molecule has 0 aromatic heterocycles. The molecular formula is C21H22ClNO5. The lowest BCUT2D eigenvalue weighted by Crippen LogP contribution is -2.20. The Bertz CT molecular complexity index is 881. The molecule has 2 aromatic rings. The Hall–Kier alpha value is -2.86. The Morgan fingerprint density at radius 1 is 1.14 bits per heavy atom. The van der Waals surface area contributed by atoms with Gasteiger partial charge in [-0.1, -0.05) is 17.7 Å². The summed E-state index contributed by atoms with van der Waals surface area (Å²) in [7, 11) is 3.14. The lowest BCUT2D eigenvalue weighted by Gasteiger charge is -2.11. The molecule has 0 radical (unpaired) electrons. The van der Waals surface area contributed by atoms with E-state index in [0.29, 0.717) is 47.8 Å². The van der Waals surface area contributed by atoms with Crippen LogP contribution in [0.25, 0.3) is 6.08 Å². The third kappa shape index (κ3) is 4.89. The van der Waals surface area contributed by atoms with Gasteiger partial charge >= 0.3 is 0 Å². The summed E-state index contributed by atoms with van der Waals surface area (Å²) in [6.45, 7) is 1.47. The fourth-order valence-corrected chi connectivity index (χ4v) is 3.05. The van der Waals surface area contributed by atoms with Gasteiger partial charge in [-0.2, -0.15) is 0 Å². The van der Waals surface area contributed by atoms with Gasteiger partial charge < -0.3 is 24.3 Å². The predicted octanol–water partition coefficient (Wildman–Crippen LogP) is 3.85. The van der Waals surface area contributed by atoms with Crippen LogP contribution in [0.3, 0.4) is 0 Å². The van der Waals surface area contributed by atoms with Crippen molar-refractivity contribution in [2.24, 2.45) is 0 Å². The molecule has 1 aliphatic heterocycles. The first-order chi connectivity index (χ1) is 13.6. The molecule has 0 spiro atoms. The van der Waals surface area contributed by atoms with E-state index < -0.39 is 0 Å². The van der Waals surface area contributed by atoms with Crippen molar-refractivity contribution in [2.75, 3.05) is 27.4 Å². The van der Waals surface area contributed by atoms with Gasteiger partial charge in [-0.25, -0.2) is 0 Å². The molecule has 6 nitrogen and oxygen atoms in total. The van der Waals surface area contributed by atoms with E-state index in [4.69, 9.17) is 30.5 Å². The third-order valence-corrected chi connectivity index (χ3v) is 4.44. The van der Waals surface area contributed by atoms with Crippen molar-refractivity contribution in [1.29, 1.82) is 0 Å². The summed E-state index contributed by atoms with van der Waals surface area (Å²) in [6.07, 6.45) is 3.97. The maximum Gasteiger partial charge on any atom is 0.244 e. The van der Waals surface area contributed by atoms with Crippen molar-refractivity contribution in [1.82, 2.24) is 5.32 Å². The first-order valence-electron chi connectivity index (χ1n) is 8.86. The van der Waals surface area contributed by atoms with Gasteiger partial charge in [0.15, 0.2) is 23.0 Å². The van der Waals surface area contributed by atoms with E-state index in [1.165, 1.54) is 6.08 Å². The number of rotatable bonds is 6. The number of methoxy groups -OCH3 is 2. The van der Waals surface area contributed by atoms with Crippen LogP contribution in [0.2, 0.25) is 5.02 Å². The van der Waals surface area contributed by atoms with Crippen LogP contribution in [0.4, 0.5) is 0 Å². The number of carbonyl (C=O) groups excluding carboxylic acids is 1. The van der Waals surface area contributed by atoms with Gasteiger partial charge in [-0.3, -0.25) is 4.79 Å². The van der Waals surface area contributed by atoms with Gasteiger partial charge in [0.2, 0.25) is 5.91 Å². The van der Waals surface area contributed by atoms with Gasteiger partial charge in [0.05, 0.1) is 32.5 Å². The summed E-state index contributed by atoms with van der Waals surface area (Å²) in [5, 5.41) is 3.31. The number of amides is 1. The van der Waals surface area contributed by atoms with Crippen LogP contribution in [-0.2, 0) is 11.3 Å². The summed E-state index contributed by atoms with van der Waals surface area (Å²) < 4.78 is 21.7. The maximum atomic E-state index is 12.2. The molecule has 0 bridgehead atoms. The summed E-state index contributed by atoms with van der Waals surface area (Å²) in [5.41, 5.74) is 1.66. The fourth-order valence-electron chi connectivity index (χ4n) is 2.76. The largest absolute Gasteiger partial charge is 0.493 e. The summed E-state index contributed by atoms with van der Waals surface area (Å²) in [4.78, 5) is 12.2. The van der Waals surface area contributed by atoms with Crippen LogP contribution in [0, 0.1) is 0 Å². The molecule has 0 atom stereocenters. The van der Waals surface area contributed by atoms with Crippen LogP contribution in [0.15, 0.2) is 36.4 Å². The van der Waals surface area contributed by atoms with Crippen LogP contribution in [0.1, 0.15) is 17.5 Å². The number of halogens is 1. The molecule has 148 valence electrons. The van der Waals surface area contributed by atoms with Crippen LogP contribution in [-0.4, -0.2) is 33.3 Å². The quantitative estimate of drug-likeness (QED) is 0.742. The highest BCUT2D eigenvalue weighted by molar-refractivity contribution is 6.32.